The standard InChI is InChI=1S/CH5N2.Li/c2-1-3;/h1H,2-3H2;/q-1;+1. The molecule has 0 heterocycles. The second-order valence-electron chi connectivity index (χ2n) is 0.192. The molecule has 0 aromatic rings. The summed E-state index contributed by atoms with van der Waals surface area (Å²) in [6, 6.07) is 0. The smallest absolute Gasteiger partial charge is 0.470 e. The van der Waals surface area contributed by atoms with E-state index in [1.54, 1.807) is 0 Å². The molecule has 4 heavy (non-hydrogen) atoms. The Morgan fingerprint density at radius 2 is 1.25 bits per heavy atom. The minimum atomic E-state index is 0. The van der Waals surface area contributed by atoms with Crippen LogP contribution in [0.5, 0.6) is 0 Å². The van der Waals surface area contributed by atoms with Crippen LogP contribution in [0, 0.1) is 6.67 Å². The maximum absolute atomic E-state index is 4.50. The molecule has 2 nitrogen and oxygen atoms in total. The molecular formula is CH5LiN2. The number of nitrogens with two attached hydrogens (primary N) is 2. The summed E-state index contributed by atoms with van der Waals surface area (Å²) in [5.41, 5.74) is 9.00. The average Bonchev–Trinajstić information content (AvgIpc) is 0.918. The van der Waals surface area contributed by atoms with Crippen LogP contribution in [0.1, 0.15) is 0 Å². The largest absolute Gasteiger partial charge is 1.00 e. The normalized spacial score (nSPS) is 4.50. The maximum atomic E-state index is 4.50. The van der Waals surface area contributed by atoms with Gasteiger partial charge < -0.3 is 11.5 Å². The molecule has 0 saturated heterocycles. The van der Waals surface area contributed by atoms with Crippen molar-refractivity contribution in [3.63, 3.8) is 0 Å². The van der Waals surface area contributed by atoms with E-state index in [9.17, 15) is 0 Å². The molecule has 0 aliphatic carbocycles. The van der Waals surface area contributed by atoms with Gasteiger partial charge in [-0.25, -0.2) is 6.67 Å². The first-order chi connectivity index (χ1) is 1.41. The van der Waals surface area contributed by atoms with Gasteiger partial charge in [0.1, 0.15) is 0 Å². The fourth-order valence-electron chi connectivity index (χ4n) is 0. The molecule has 0 unspecified atom stereocenters. The van der Waals surface area contributed by atoms with E-state index in [-0.39, 0.29) is 18.9 Å². The van der Waals surface area contributed by atoms with Gasteiger partial charge in [0.05, 0.1) is 0 Å². The van der Waals surface area contributed by atoms with Gasteiger partial charge in [-0.2, -0.15) is 0 Å². The SMILES string of the molecule is N[CH-]N.[Li+]. The van der Waals surface area contributed by atoms with Crippen molar-refractivity contribution in [2.24, 2.45) is 11.5 Å². The van der Waals surface area contributed by atoms with Crippen molar-refractivity contribution in [1.82, 2.24) is 0 Å². The number of rotatable bonds is 0. The topological polar surface area (TPSA) is 52.0 Å². The van der Waals surface area contributed by atoms with Gasteiger partial charge in [0.25, 0.3) is 0 Å². The summed E-state index contributed by atoms with van der Waals surface area (Å²) in [5, 5.41) is 0. The summed E-state index contributed by atoms with van der Waals surface area (Å²) >= 11 is 0. The fourth-order valence-corrected chi connectivity index (χ4v) is 0. The maximum Gasteiger partial charge on any atom is 1.00 e. The number of hydrogen-bond acceptors (Lipinski definition) is 2. The molecule has 0 spiro atoms. The molecule has 0 atom stereocenters. The fraction of sp³-hybridized carbons (Fsp3) is 0. The molecule has 0 aromatic heterocycles. The van der Waals surface area contributed by atoms with Gasteiger partial charge in [0.15, 0.2) is 0 Å². The van der Waals surface area contributed by atoms with E-state index in [2.05, 4.69) is 11.5 Å². The Morgan fingerprint density at radius 1 is 1.25 bits per heavy atom. The second-order valence-corrected chi connectivity index (χ2v) is 0.192. The Labute approximate surface area is 37.7 Å². The van der Waals surface area contributed by atoms with E-state index in [0.717, 1.165) is 6.67 Å². The number of hydrogen-bond donors (Lipinski definition) is 2. The molecule has 20 valence electrons. The third kappa shape index (κ3) is 21.7. The van der Waals surface area contributed by atoms with Crippen LogP contribution in [0.25, 0.3) is 0 Å². The van der Waals surface area contributed by atoms with Crippen LogP contribution in [-0.4, -0.2) is 0 Å². The van der Waals surface area contributed by atoms with Gasteiger partial charge in [-0.3, -0.25) is 0 Å². The van der Waals surface area contributed by atoms with Gasteiger partial charge in [-0.1, -0.05) is 0 Å². The molecular weight excluding hydrogens is 47.0 g/mol. The molecule has 0 fully saturated rings. The van der Waals surface area contributed by atoms with Crippen LogP contribution < -0.4 is 30.3 Å². The van der Waals surface area contributed by atoms with Gasteiger partial charge in [-0.05, 0) is 0 Å². The Morgan fingerprint density at radius 3 is 1.25 bits per heavy atom. The molecule has 0 amide bonds. The van der Waals surface area contributed by atoms with Gasteiger partial charge in [0, 0.05) is 0 Å². The monoisotopic (exact) mass is 52.1 g/mol. The van der Waals surface area contributed by atoms with Crippen LogP contribution in [0.4, 0.5) is 0 Å². The van der Waals surface area contributed by atoms with Gasteiger partial charge in [0.2, 0.25) is 0 Å². The van der Waals surface area contributed by atoms with Crippen LogP contribution in [-0.2, 0) is 0 Å². The van der Waals surface area contributed by atoms with Crippen molar-refractivity contribution >= 4 is 0 Å². The molecule has 3 heteroatoms. The quantitative estimate of drug-likeness (QED) is 0.218. The van der Waals surface area contributed by atoms with Crippen molar-refractivity contribution in [3.05, 3.63) is 6.67 Å². The van der Waals surface area contributed by atoms with E-state index < -0.39 is 0 Å². The predicted octanol–water partition coefficient (Wildman–Crippen LogP) is -3.97. The minimum Gasteiger partial charge on any atom is -0.470 e. The zero-order chi connectivity index (χ0) is 2.71. The van der Waals surface area contributed by atoms with Crippen LogP contribution in [0.15, 0.2) is 0 Å². The summed E-state index contributed by atoms with van der Waals surface area (Å²) < 4.78 is 0. The van der Waals surface area contributed by atoms with Crippen LogP contribution >= 0.6 is 0 Å². The van der Waals surface area contributed by atoms with E-state index >= 15 is 0 Å². The molecule has 4 N–H and O–H groups in total. The van der Waals surface area contributed by atoms with Gasteiger partial charge in [-0.15, -0.1) is 0 Å². The van der Waals surface area contributed by atoms with Crippen molar-refractivity contribution in [3.8, 4) is 0 Å². The molecule has 0 aliphatic heterocycles. The summed E-state index contributed by atoms with van der Waals surface area (Å²) in [4.78, 5) is 0. The van der Waals surface area contributed by atoms with Crippen molar-refractivity contribution in [2.75, 3.05) is 0 Å². The molecule has 0 rings (SSSR count). The van der Waals surface area contributed by atoms with E-state index in [4.69, 9.17) is 0 Å². The predicted molar refractivity (Wildman–Crippen MR) is 12.7 cm³/mol. The summed E-state index contributed by atoms with van der Waals surface area (Å²) in [6.45, 7) is 1.00. The average molecular weight is 52.0 g/mol. The molecule has 0 saturated carbocycles. The first-order valence-electron chi connectivity index (χ1n) is 0.667. The third-order valence-electron chi connectivity index (χ3n) is 0. The van der Waals surface area contributed by atoms with Crippen LogP contribution in [0.2, 0.25) is 0 Å². The summed E-state index contributed by atoms with van der Waals surface area (Å²) in [6.07, 6.45) is 0. The van der Waals surface area contributed by atoms with Crippen LogP contribution in [0.3, 0.4) is 0 Å². The molecule has 0 aromatic carbocycles. The summed E-state index contributed by atoms with van der Waals surface area (Å²) in [7, 11) is 0. The minimum absolute atomic E-state index is 0. The van der Waals surface area contributed by atoms with E-state index in [1.165, 1.54) is 0 Å². The van der Waals surface area contributed by atoms with Crippen molar-refractivity contribution < 1.29 is 18.9 Å². The first-order valence-corrected chi connectivity index (χ1v) is 0.667. The Kier molecular flexibility index (Phi) is 21.3. The molecule has 0 aliphatic rings. The zero-order valence-electron chi connectivity index (χ0n) is 2.73. The molecule has 0 bridgehead atoms. The van der Waals surface area contributed by atoms with E-state index in [1.807, 2.05) is 0 Å². The molecule has 0 radical (unpaired) electrons. The Balaban J connectivity index is 0. The Bertz CT molecular complexity index is 6.00. The van der Waals surface area contributed by atoms with Crippen molar-refractivity contribution in [2.45, 2.75) is 0 Å². The Hall–Kier alpha value is 0.517. The zero-order valence-corrected chi connectivity index (χ0v) is 2.73. The van der Waals surface area contributed by atoms with E-state index in [0.29, 0.717) is 0 Å². The summed E-state index contributed by atoms with van der Waals surface area (Å²) in [5.74, 6) is 0. The van der Waals surface area contributed by atoms with Gasteiger partial charge >= 0.3 is 18.9 Å². The van der Waals surface area contributed by atoms with Crippen molar-refractivity contribution in [1.29, 1.82) is 0 Å². The third-order valence-corrected chi connectivity index (χ3v) is 0. The second kappa shape index (κ2) is 9.68. The first kappa shape index (κ1) is 8.82.